The summed E-state index contributed by atoms with van der Waals surface area (Å²) in [6.07, 6.45) is 3.72. The zero-order valence-electron chi connectivity index (χ0n) is 18.9. The van der Waals surface area contributed by atoms with Gasteiger partial charge in [-0.25, -0.2) is 14.3 Å². The maximum atomic E-state index is 12.8. The molecule has 0 bridgehead atoms. The van der Waals surface area contributed by atoms with Crippen molar-refractivity contribution in [1.29, 1.82) is 5.41 Å². The van der Waals surface area contributed by atoms with Crippen LogP contribution >= 0.6 is 23.2 Å². The molecule has 1 saturated heterocycles. The molecule has 0 aliphatic carbocycles. The molecule has 4 aromatic rings. The lowest BCUT2D eigenvalue weighted by molar-refractivity contribution is 0.102. The van der Waals surface area contributed by atoms with Gasteiger partial charge in [-0.3, -0.25) is 10.4 Å². The Labute approximate surface area is 210 Å². The predicted octanol–water partition coefficient (Wildman–Crippen LogP) is 4.11. The topological polar surface area (TPSA) is 112 Å². The summed E-state index contributed by atoms with van der Waals surface area (Å²) in [7, 11) is 2.14. The minimum absolute atomic E-state index is 0.125. The minimum Gasteiger partial charge on any atom is -0.494 e. The van der Waals surface area contributed by atoms with Crippen LogP contribution in [-0.4, -0.2) is 50.7 Å². The molecule has 9 nitrogen and oxygen atoms in total. The van der Waals surface area contributed by atoms with Crippen LogP contribution in [0.4, 0.5) is 11.6 Å². The minimum atomic E-state index is -0.586. The number of nitrogens with zero attached hydrogens (tertiary/aromatic N) is 4. The molecule has 35 heavy (non-hydrogen) atoms. The van der Waals surface area contributed by atoms with Gasteiger partial charge in [0.05, 0.1) is 27.7 Å². The van der Waals surface area contributed by atoms with Gasteiger partial charge < -0.3 is 15.0 Å². The number of halogens is 2. The summed E-state index contributed by atoms with van der Waals surface area (Å²) >= 11 is 12.5. The largest absolute Gasteiger partial charge is 0.494 e. The molecule has 2 aromatic carbocycles. The highest BCUT2D eigenvalue weighted by Gasteiger charge is 2.23. The molecule has 1 aliphatic rings. The van der Waals surface area contributed by atoms with Gasteiger partial charge in [0, 0.05) is 17.9 Å². The third kappa shape index (κ3) is 4.75. The number of hydrogen-bond donors (Lipinski definition) is 3. The van der Waals surface area contributed by atoms with E-state index in [1.807, 2.05) is 24.3 Å². The van der Waals surface area contributed by atoms with E-state index in [0.717, 1.165) is 29.0 Å². The van der Waals surface area contributed by atoms with Gasteiger partial charge in [0.25, 0.3) is 0 Å². The van der Waals surface area contributed by atoms with Crippen molar-refractivity contribution in [2.45, 2.75) is 18.9 Å². The van der Waals surface area contributed by atoms with Crippen molar-refractivity contribution in [3.8, 4) is 11.4 Å². The summed E-state index contributed by atoms with van der Waals surface area (Å²) in [5.74, 6) is 1.07. The van der Waals surface area contributed by atoms with Crippen LogP contribution in [0.25, 0.3) is 16.7 Å². The van der Waals surface area contributed by atoms with E-state index in [4.69, 9.17) is 33.3 Å². The van der Waals surface area contributed by atoms with Crippen molar-refractivity contribution in [3.63, 3.8) is 0 Å². The Morgan fingerprint density at radius 3 is 2.60 bits per heavy atom. The maximum Gasteiger partial charge on any atom is 0.333 e. The summed E-state index contributed by atoms with van der Waals surface area (Å²) in [4.78, 5) is 26.5. The van der Waals surface area contributed by atoms with Gasteiger partial charge in [0.1, 0.15) is 11.2 Å². The SMILES string of the molecule is CN1CCC1CCOc1ccc(Nc2ncc3c(=N)n(-c4c(Cl)cccc4Cl)c(=O)[nH]c3n2)cc1. The lowest BCUT2D eigenvalue weighted by atomic mass is 10.0. The first-order valence-corrected chi connectivity index (χ1v) is 11.9. The van der Waals surface area contributed by atoms with E-state index in [2.05, 4.69) is 32.2 Å². The van der Waals surface area contributed by atoms with Crippen molar-refractivity contribution in [3.05, 3.63) is 74.7 Å². The highest BCUT2D eigenvalue weighted by atomic mass is 35.5. The summed E-state index contributed by atoms with van der Waals surface area (Å²) < 4.78 is 6.95. The van der Waals surface area contributed by atoms with Crippen LogP contribution < -0.4 is 21.2 Å². The van der Waals surface area contributed by atoms with Crippen LogP contribution in [0, 0.1) is 5.41 Å². The number of likely N-dealkylation sites (tertiary alicyclic amines) is 1. The van der Waals surface area contributed by atoms with Crippen molar-refractivity contribution in [2.24, 2.45) is 0 Å². The van der Waals surface area contributed by atoms with Crippen LogP contribution in [0.5, 0.6) is 5.75 Å². The molecule has 5 rings (SSSR count). The van der Waals surface area contributed by atoms with E-state index < -0.39 is 5.69 Å². The number of H-pyrrole nitrogens is 1. The van der Waals surface area contributed by atoms with Gasteiger partial charge in [-0.1, -0.05) is 29.3 Å². The third-order valence-corrected chi connectivity index (χ3v) is 6.74. The first kappa shape index (κ1) is 23.3. The number of aromatic amines is 1. The summed E-state index contributed by atoms with van der Waals surface area (Å²) in [5, 5.41) is 12.5. The summed E-state index contributed by atoms with van der Waals surface area (Å²) in [6, 6.07) is 13.0. The zero-order chi connectivity index (χ0) is 24.5. The molecular formula is C24H23Cl2N7O2. The molecule has 1 fully saturated rings. The molecule has 1 unspecified atom stereocenters. The number of fused-ring (bicyclic) bond motifs is 1. The van der Waals surface area contributed by atoms with Crippen molar-refractivity contribution in [1.82, 2.24) is 24.4 Å². The van der Waals surface area contributed by atoms with E-state index in [-0.39, 0.29) is 32.8 Å². The molecule has 0 amide bonds. The van der Waals surface area contributed by atoms with Gasteiger partial charge in [-0.15, -0.1) is 0 Å². The van der Waals surface area contributed by atoms with E-state index in [9.17, 15) is 4.79 Å². The second kappa shape index (κ2) is 9.69. The van der Waals surface area contributed by atoms with Gasteiger partial charge in [0.2, 0.25) is 5.95 Å². The molecule has 0 saturated carbocycles. The Balaban J connectivity index is 1.34. The fourth-order valence-corrected chi connectivity index (χ4v) is 4.58. The number of ether oxygens (including phenoxy) is 1. The van der Waals surface area contributed by atoms with Gasteiger partial charge in [-0.2, -0.15) is 4.98 Å². The monoisotopic (exact) mass is 511 g/mol. The van der Waals surface area contributed by atoms with Gasteiger partial charge in [-0.05, 0) is 62.8 Å². The molecule has 3 heterocycles. The molecule has 1 aliphatic heterocycles. The quantitative estimate of drug-likeness (QED) is 0.344. The average molecular weight is 512 g/mol. The standard InChI is InChI=1S/C24H23Cl2N7O2/c1-32-11-9-15(32)10-12-35-16-7-5-14(6-8-16)29-23-28-13-17-21(27)33(24(34)31-22(17)30-23)20-18(25)3-2-4-19(20)26/h2-8,13,15,27H,9-12H2,1H3,(H2,28,29,30,31,34). The maximum absolute atomic E-state index is 12.8. The van der Waals surface area contributed by atoms with Crippen LogP contribution in [0.3, 0.4) is 0 Å². The van der Waals surface area contributed by atoms with Gasteiger partial charge >= 0.3 is 5.69 Å². The molecule has 3 N–H and O–H groups in total. The normalized spacial score (nSPS) is 15.7. The highest BCUT2D eigenvalue weighted by Crippen LogP contribution is 2.26. The molecular weight excluding hydrogens is 489 g/mol. The number of para-hydroxylation sites is 1. The van der Waals surface area contributed by atoms with Gasteiger partial charge in [0.15, 0.2) is 5.65 Å². The Morgan fingerprint density at radius 2 is 1.94 bits per heavy atom. The molecule has 0 spiro atoms. The number of rotatable bonds is 7. The lowest BCUT2D eigenvalue weighted by Gasteiger charge is -2.37. The van der Waals surface area contributed by atoms with Crippen LogP contribution in [0.2, 0.25) is 10.0 Å². The van der Waals surface area contributed by atoms with Crippen LogP contribution in [-0.2, 0) is 0 Å². The third-order valence-electron chi connectivity index (χ3n) is 6.13. The highest BCUT2D eigenvalue weighted by molar-refractivity contribution is 6.37. The number of benzene rings is 2. The number of aromatic nitrogens is 4. The van der Waals surface area contributed by atoms with E-state index in [1.165, 1.54) is 12.6 Å². The number of hydrogen-bond acceptors (Lipinski definition) is 7. The van der Waals surface area contributed by atoms with E-state index >= 15 is 0 Å². The smallest absolute Gasteiger partial charge is 0.333 e. The molecule has 2 aromatic heterocycles. The van der Waals surface area contributed by atoms with E-state index in [1.54, 1.807) is 18.2 Å². The van der Waals surface area contributed by atoms with Crippen molar-refractivity contribution < 1.29 is 4.74 Å². The number of anilines is 2. The first-order valence-electron chi connectivity index (χ1n) is 11.1. The fourth-order valence-electron chi connectivity index (χ4n) is 4.02. The Kier molecular flexibility index (Phi) is 6.46. The summed E-state index contributed by atoms with van der Waals surface area (Å²) in [5.41, 5.74) is 0.500. The molecule has 180 valence electrons. The van der Waals surface area contributed by atoms with Crippen LogP contribution in [0.15, 0.2) is 53.5 Å². The second-order valence-corrected chi connectivity index (χ2v) is 9.16. The Bertz CT molecular complexity index is 1480. The van der Waals surface area contributed by atoms with Crippen LogP contribution in [0.1, 0.15) is 12.8 Å². The first-order chi connectivity index (χ1) is 16.9. The van der Waals surface area contributed by atoms with Crippen molar-refractivity contribution >= 4 is 45.9 Å². The predicted molar refractivity (Wildman–Crippen MR) is 136 cm³/mol. The number of nitrogens with one attached hydrogen (secondary N) is 3. The average Bonchev–Trinajstić information content (AvgIpc) is 2.83. The molecule has 0 radical (unpaired) electrons. The zero-order valence-corrected chi connectivity index (χ0v) is 20.4. The Hall–Kier alpha value is -3.40. The second-order valence-electron chi connectivity index (χ2n) is 8.35. The fraction of sp³-hybridized carbons (Fsp3) is 0.250. The van der Waals surface area contributed by atoms with E-state index in [0.29, 0.717) is 18.0 Å². The Morgan fingerprint density at radius 1 is 1.20 bits per heavy atom. The summed E-state index contributed by atoms with van der Waals surface area (Å²) in [6.45, 7) is 1.84. The van der Waals surface area contributed by atoms with Crippen molar-refractivity contribution in [2.75, 3.05) is 25.5 Å². The molecule has 11 heteroatoms. The molecule has 1 atom stereocenters. The lowest BCUT2D eigenvalue weighted by Crippen LogP contribution is -2.45.